The first-order valence-electron chi connectivity index (χ1n) is 5.34. The molecule has 1 unspecified atom stereocenters. The van der Waals surface area contributed by atoms with Crippen LogP contribution in [0.15, 0.2) is 6.20 Å². The molecule has 1 atom stereocenters. The lowest BCUT2D eigenvalue weighted by Gasteiger charge is -2.14. The zero-order valence-corrected chi connectivity index (χ0v) is 9.32. The summed E-state index contributed by atoms with van der Waals surface area (Å²) in [5.41, 5.74) is 1.02. The van der Waals surface area contributed by atoms with Crippen molar-refractivity contribution in [2.45, 2.75) is 45.7 Å². The molecule has 0 saturated carbocycles. The topological polar surface area (TPSA) is 42.7 Å². The Bertz CT molecular complexity index is 256. The minimum atomic E-state index is 0.613. The van der Waals surface area contributed by atoms with E-state index in [4.69, 9.17) is 0 Å². The molecule has 0 spiro atoms. The van der Waals surface area contributed by atoms with Crippen molar-refractivity contribution in [3.8, 4) is 0 Å². The van der Waals surface area contributed by atoms with Gasteiger partial charge in [0.2, 0.25) is 0 Å². The van der Waals surface area contributed by atoms with E-state index in [0.717, 1.165) is 12.2 Å². The molecule has 0 fully saturated rings. The van der Waals surface area contributed by atoms with E-state index in [1.807, 2.05) is 13.2 Å². The van der Waals surface area contributed by atoms with Crippen molar-refractivity contribution < 1.29 is 0 Å². The highest BCUT2D eigenvalue weighted by molar-refractivity contribution is 4.91. The van der Waals surface area contributed by atoms with E-state index < -0.39 is 0 Å². The van der Waals surface area contributed by atoms with Crippen molar-refractivity contribution >= 4 is 0 Å². The molecule has 0 aliphatic rings. The molecular formula is C10H20N4. The van der Waals surface area contributed by atoms with E-state index in [1.54, 1.807) is 4.68 Å². The van der Waals surface area contributed by atoms with Crippen LogP contribution in [-0.4, -0.2) is 21.0 Å². The Labute approximate surface area is 85.7 Å². The number of rotatable bonds is 6. The summed E-state index contributed by atoms with van der Waals surface area (Å²) in [6, 6.07) is 0.613. The van der Waals surface area contributed by atoms with Gasteiger partial charge in [0.25, 0.3) is 0 Å². The summed E-state index contributed by atoms with van der Waals surface area (Å²) >= 11 is 0. The number of aryl methyl sites for hydroxylation is 1. The maximum Gasteiger partial charge on any atom is 0.0964 e. The van der Waals surface area contributed by atoms with E-state index in [0.29, 0.717) is 6.04 Å². The van der Waals surface area contributed by atoms with Gasteiger partial charge in [-0.15, -0.1) is 5.10 Å². The van der Waals surface area contributed by atoms with Crippen LogP contribution in [0.1, 0.15) is 38.8 Å². The first-order valence-corrected chi connectivity index (χ1v) is 5.34. The number of hydrogen-bond donors (Lipinski definition) is 1. The lowest BCUT2D eigenvalue weighted by Crippen LogP contribution is -2.27. The van der Waals surface area contributed by atoms with Crippen LogP contribution >= 0.6 is 0 Å². The van der Waals surface area contributed by atoms with Gasteiger partial charge in [0.1, 0.15) is 0 Å². The smallest absolute Gasteiger partial charge is 0.0964 e. The van der Waals surface area contributed by atoms with E-state index in [-0.39, 0.29) is 0 Å². The number of nitrogens with zero attached hydrogens (tertiary/aromatic N) is 3. The third kappa shape index (κ3) is 3.46. The van der Waals surface area contributed by atoms with Gasteiger partial charge in [-0.3, -0.25) is 4.68 Å². The maximum absolute atomic E-state index is 4.03. The quantitative estimate of drug-likeness (QED) is 0.749. The fourth-order valence-electron chi connectivity index (χ4n) is 1.52. The summed E-state index contributed by atoms with van der Waals surface area (Å²) in [6.07, 6.45) is 5.59. The average Bonchev–Trinajstić information content (AvgIpc) is 2.59. The molecule has 0 amide bonds. The van der Waals surface area contributed by atoms with Gasteiger partial charge in [0.05, 0.1) is 5.69 Å². The zero-order chi connectivity index (χ0) is 10.4. The van der Waals surface area contributed by atoms with Gasteiger partial charge >= 0.3 is 0 Å². The van der Waals surface area contributed by atoms with Gasteiger partial charge in [-0.2, -0.15) is 0 Å². The van der Waals surface area contributed by atoms with E-state index in [2.05, 4.69) is 29.5 Å². The van der Waals surface area contributed by atoms with E-state index >= 15 is 0 Å². The molecule has 0 aliphatic carbocycles. The van der Waals surface area contributed by atoms with Gasteiger partial charge in [0, 0.05) is 25.8 Å². The van der Waals surface area contributed by atoms with Crippen LogP contribution in [0.25, 0.3) is 0 Å². The molecule has 80 valence electrons. The molecule has 0 radical (unpaired) electrons. The second-order valence-electron chi connectivity index (χ2n) is 3.66. The Morgan fingerprint density at radius 1 is 1.50 bits per heavy atom. The largest absolute Gasteiger partial charge is 0.308 e. The summed E-state index contributed by atoms with van der Waals surface area (Å²) in [7, 11) is 1.89. The number of hydrogen-bond acceptors (Lipinski definition) is 3. The van der Waals surface area contributed by atoms with Crippen LogP contribution in [0.2, 0.25) is 0 Å². The van der Waals surface area contributed by atoms with Crippen molar-refractivity contribution in [2.75, 3.05) is 0 Å². The predicted octanol–water partition coefficient (Wildman–Crippen LogP) is 1.48. The second-order valence-corrected chi connectivity index (χ2v) is 3.66. The highest BCUT2D eigenvalue weighted by Crippen LogP contribution is 2.02. The molecular weight excluding hydrogens is 176 g/mol. The lowest BCUT2D eigenvalue weighted by molar-refractivity contribution is 0.459. The minimum Gasteiger partial charge on any atom is -0.308 e. The van der Waals surface area contributed by atoms with Crippen LogP contribution in [0, 0.1) is 0 Å². The van der Waals surface area contributed by atoms with Crippen LogP contribution in [0.3, 0.4) is 0 Å². The Hall–Kier alpha value is -0.900. The summed E-state index contributed by atoms with van der Waals surface area (Å²) < 4.78 is 1.73. The standard InChI is InChI=1S/C10H20N4/c1-4-6-9(5-2)11-7-10-8-14(3)13-12-10/h8-9,11H,4-7H2,1-3H3. The summed E-state index contributed by atoms with van der Waals surface area (Å²) in [6.45, 7) is 5.25. The lowest BCUT2D eigenvalue weighted by atomic mass is 10.1. The van der Waals surface area contributed by atoms with Gasteiger partial charge in [-0.25, -0.2) is 0 Å². The third-order valence-electron chi connectivity index (χ3n) is 2.35. The molecule has 4 nitrogen and oxygen atoms in total. The molecule has 0 aliphatic heterocycles. The molecule has 0 bridgehead atoms. The minimum absolute atomic E-state index is 0.613. The Morgan fingerprint density at radius 2 is 2.29 bits per heavy atom. The van der Waals surface area contributed by atoms with Crippen molar-refractivity contribution in [3.63, 3.8) is 0 Å². The van der Waals surface area contributed by atoms with Gasteiger partial charge in [0.15, 0.2) is 0 Å². The molecule has 0 aromatic carbocycles. The molecule has 1 rings (SSSR count). The highest BCUT2D eigenvalue weighted by Gasteiger charge is 2.05. The summed E-state index contributed by atoms with van der Waals surface area (Å²) in [5, 5.41) is 11.4. The molecule has 1 aromatic heterocycles. The van der Waals surface area contributed by atoms with Crippen molar-refractivity contribution in [2.24, 2.45) is 7.05 Å². The first kappa shape index (κ1) is 11.2. The Balaban J connectivity index is 2.31. The highest BCUT2D eigenvalue weighted by atomic mass is 15.4. The molecule has 4 heteroatoms. The number of aromatic nitrogens is 3. The zero-order valence-electron chi connectivity index (χ0n) is 9.32. The van der Waals surface area contributed by atoms with Crippen LogP contribution in [-0.2, 0) is 13.6 Å². The summed E-state index contributed by atoms with van der Waals surface area (Å²) in [4.78, 5) is 0. The van der Waals surface area contributed by atoms with Gasteiger partial charge in [-0.1, -0.05) is 25.5 Å². The first-order chi connectivity index (χ1) is 6.76. The predicted molar refractivity (Wildman–Crippen MR) is 56.8 cm³/mol. The van der Waals surface area contributed by atoms with Gasteiger partial charge in [-0.05, 0) is 12.8 Å². The Kier molecular flexibility index (Phi) is 4.59. The average molecular weight is 196 g/mol. The van der Waals surface area contributed by atoms with Gasteiger partial charge < -0.3 is 5.32 Å². The van der Waals surface area contributed by atoms with Crippen molar-refractivity contribution in [3.05, 3.63) is 11.9 Å². The van der Waals surface area contributed by atoms with Crippen LogP contribution < -0.4 is 5.32 Å². The summed E-state index contributed by atoms with van der Waals surface area (Å²) in [5.74, 6) is 0. The SMILES string of the molecule is CCCC(CC)NCc1cn(C)nn1. The fraction of sp³-hybridized carbons (Fsp3) is 0.800. The van der Waals surface area contributed by atoms with E-state index in [9.17, 15) is 0 Å². The van der Waals surface area contributed by atoms with Crippen LogP contribution in [0.5, 0.6) is 0 Å². The Morgan fingerprint density at radius 3 is 2.79 bits per heavy atom. The second kappa shape index (κ2) is 5.75. The molecule has 1 aromatic rings. The molecule has 1 N–H and O–H groups in total. The van der Waals surface area contributed by atoms with Crippen LogP contribution in [0.4, 0.5) is 0 Å². The molecule has 1 heterocycles. The fourth-order valence-corrected chi connectivity index (χ4v) is 1.52. The van der Waals surface area contributed by atoms with Crippen molar-refractivity contribution in [1.82, 2.24) is 20.3 Å². The molecule has 0 saturated heterocycles. The normalized spacial score (nSPS) is 13.1. The molecule has 14 heavy (non-hydrogen) atoms. The maximum atomic E-state index is 4.03. The monoisotopic (exact) mass is 196 g/mol. The third-order valence-corrected chi connectivity index (χ3v) is 2.35. The van der Waals surface area contributed by atoms with E-state index in [1.165, 1.54) is 19.3 Å². The number of nitrogens with one attached hydrogen (secondary N) is 1. The van der Waals surface area contributed by atoms with Crippen molar-refractivity contribution in [1.29, 1.82) is 0 Å².